The minimum Gasteiger partial charge on any atom is -0.309 e. The first-order valence-electron chi connectivity index (χ1n) is 10.8. The van der Waals surface area contributed by atoms with Crippen LogP contribution in [-0.2, 0) is 29.6 Å². The molecule has 2 aromatic carbocycles. The third-order valence-corrected chi connectivity index (χ3v) is 6.51. The standard InChI is InChI=1S/C26H24ClF6N2O/c1-15-8-6-7-9-19(15)20-13-22(27)34(4)14-21(20)35(5)23(36)24(2,3)16-10-17(25(28,29)30)12-18(11-16)26(31,32)33/h6-14H,1-5H3/q+1. The number of aryl methyl sites for hydroxylation is 2. The van der Waals surface area contributed by atoms with Crippen LogP contribution in [0.5, 0.6) is 0 Å². The molecule has 10 heteroatoms. The molecule has 36 heavy (non-hydrogen) atoms. The molecule has 0 atom stereocenters. The van der Waals surface area contributed by atoms with Crippen LogP contribution in [0.3, 0.4) is 0 Å². The second kappa shape index (κ2) is 9.42. The van der Waals surface area contributed by atoms with Gasteiger partial charge in [-0.3, -0.25) is 4.79 Å². The number of carbonyl (C=O) groups excluding carboxylic acids is 1. The molecule has 0 saturated heterocycles. The Morgan fingerprint density at radius 1 is 0.861 bits per heavy atom. The van der Waals surface area contributed by atoms with Gasteiger partial charge in [0.15, 0.2) is 6.20 Å². The second-order valence-corrected chi connectivity index (χ2v) is 9.49. The van der Waals surface area contributed by atoms with Crippen molar-refractivity contribution in [3.8, 4) is 11.1 Å². The highest BCUT2D eigenvalue weighted by Crippen LogP contribution is 2.40. The van der Waals surface area contributed by atoms with E-state index in [4.69, 9.17) is 11.6 Å². The van der Waals surface area contributed by atoms with E-state index in [0.717, 1.165) is 11.1 Å². The highest BCUT2D eigenvalue weighted by atomic mass is 35.5. The molecule has 0 aliphatic carbocycles. The molecule has 1 amide bonds. The first kappa shape index (κ1) is 27.5. The molecular formula is C26H24ClF6N2O+. The highest BCUT2D eigenvalue weighted by Gasteiger charge is 2.41. The number of hydrogen-bond donors (Lipinski definition) is 0. The van der Waals surface area contributed by atoms with Crippen LogP contribution in [0.2, 0.25) is 5.15 Å². The summed E-state index contributed by atoms with van der Waals surface area (Å²) in [5.74, 6) is -0.702. The summed E-state index contributed by atoms with van der Waals surface area (Å²) in [7, 11) is 3.08. The topological polar surface area (TPSA) is 24.2 Å². The van der Waals surface area contributed by atoms with Gasteiger partial charge in [-0.1, -0.05) is 24.3 Å². The maximum absolute atomic E-state index is 13.7. The number of alkyl halides is 6. The first-order chi connectivity index (χ1) is 16.4. The molecule has 1 aromatic heterocycles. The first-order valence-corrected chi connectivity index (χ1v) is 11.2. The number of rotatable bonds is 4. The fourth-order valence-electron chi connectivity index (χ4n) is 3.94. The second-order valence-electron chi connectivity index (χ2n) is 9.10. The van der Waals surface area contributed by atoms with E-state index in [-0.39, 0.29) is 6.07 Å². The number of aromatic nitrogens is 1. The summed E-state index contributed by atoms with van der Waals surface area (Å²) in [4.78, 5) is 14.9. The maximum Gasteiger partial charge on any atom is 0.416 e. The number of benzene rings is 2. The molecule has 3 nitrogen and oxygen atoms in total. The lowest BCUT2D eigenvalue weighted by Crippen LogP contribution is -2.43. The monoisotopic (exact) mass is 529 g/mol. The smallest absolute Gasteiger partial charge is 0.309 e. The molecule has 0 fully saturated rings. The lowest BCUT2D eigenvalue weighted by molar-refractivity contribution is -0.668. The van der Waals surface area contributed by atoms with Gasteiger partial charge >= 0.3 is 12.4 Å². The van der Waals surface area contributed by atoms with Crippen LogP contribution >= 0.6 is 11.6 Å². The fraction of sp³-hybridized carbons (Fsp3) is 0.308. The summed E-state index contributed by atoms with van der Waals surface area (Å²) in [6.07, 6.45) is -8.46. The summed E-state index contributed by atoms with van der Waals surface area (Å²) in [6, 6.07) is 10.2. The van der Waals surface area contributed by atoms with E-state index in [1.54, 1.807) is 29.9 Å². The lowest BCUT2D eigenvalue weighted by Gasteiger charge is -2.31. The van der Waals surface area contributed by atoms with Gasteiger partial charge in [0.05, 0.1) is 16.5 Å². The Kier molecular flexibility index (Phi) is 7.20. The van der Waals surface area contributed by atoms with Crippen LogP contribution in [0.15, 0.2) is 54.7 Å². The van der Waals surface area contributed by atoms with Gasteiger partial charge in [-0.05, 0) is 67.3 Å². The van der Waals surface area contributed by atoms with Crippen LogP contribution in [-0.4, -0.2) is 13.0 Å². The van der Waals surface area contributed by atoms with Crippen molar-refractivity contribution in [3.05, 3.63) is 82.1 Å². The number of likely N-dealkylation sites (N-methyl/N-ethyl adjacent to an activating group) is 1. The molecular weight excluding hydrogens is 506 g/mol. The van der Waals surface area contributed by atoms with E-state index in [0.29, 0.717) is 28.5 Å². The Morgan fingerprint density at radius 2 is 1.36 bits per heavy atom. The molecule has 0 spiro atoms. The third-order valence-electron chi connectivity index (χ3n) is 6.14. The molecule has 0 saturated carbocycles. The van der Waals surface area contributed by atoms with Crippen molar-refractivity contribution in [1.29, 1.82) is 0 Å². The third kappa shape index (κ3) is 5.36. The van der Waals surface area contributed by atoms with Crippen molar-refractivity contribution < 1.29 is 35.7 Å². The Labute approximate surface area is 209 Å². The summed E-state index contributed by atoms with van der Waals surface area (Å²) < 4.78 is 82.1. The van der Waals surface area contributed by atoms with Crippen molar-refractivity contribution in [2.45, 2.75) is 38.5 Å². The highest BCUT2D eigenvalue weighted by molar-refractivity contribution is 6.28. The molecule has 0 bridgehead atoms. The maximum atomic E-state index is 13.7. The van der Waals surface area contributed by atoms with Crippen molar-refractivity contribution in [1.82, 2.24) is 0 Å². The number of hydrogen-bond acceptors (Lipinski definition) is 1. The molecule has 0 aliphatic heterocycles. The van der Waals surface area contributed by atoms with Gasteiger partial charge < -0.3 is 4.90 Å². The Balaban J connectivity index is 2.17. The number of anilines is 1. The minimum absolute atomic E-state index is 0.0449. The van der Waals surface area contributed by atoms with Crippen LogP contribution in [0, 0.1) is 6.92 Å². The fourth-order valence-corrected chi connectivity index (χ4v) is 4.09. The van der Waals surface area contributed by atoms with Gasteiger partial charge in [-0.25, -0.2) is 0 Å². The zero-order valence-corrected chi connectivity index (χ0v) is 20.9. The number of amides is 1. The Hall–Kier alpha value is -3.07. The minimum atomic E-state index is -5.02. The molecule has 0 N–H and O–H groups in total. The SMILES string of the molecule is Cc1ccccc1-c1cc(Cl)[n+](C)cc1N(C)C(=O)C(C)(C)c1cc(C(F)(F)F)cc(C(F)(F)F)c1. The molecule has 0 unspecified atom stereocenters. The zero-order valence-electron chi connectivity index (χ0n) is 20.1. The molecule has 192 valence electrons. The normalized spacial score (nSPS) is 12.6. The molecule has 0 radical (unpaired) electrons. The van der Waals surface area contributed by atoms with Gasteiger partial charge in [0, 0.05) is 18.7 Å². The van der Waals surface area contributed by atoms with Crippen LogP contribution in [0.1, 0.15) is 36.1 Å². The largest absolute Gasteiger partial charge is 0.416 e. The molecule has 3 aromatic rings. The van der Waals surface area contributed by atoms with Crippen molar-refractivity contribution in [2.24, 2.45) is 7.05 Å². The number of nitrogens with zero attached hydrogens (tertiary/aromatic N) is 2. The van der Waals surface area contributed by atoms with E-state index in [1.165, 1.54) is 25.8 Å². The number of halogens is 7. The quantitative estimate of drug-likeness (QED) is 0.201. The van der Waals surface area contributed by atoms with Gasteiger partial charge in [-0.2, -0.15) is 30.9 Å². The average molecular weight is 530 g/mol. The predicted molar refractivity (Wildman–Crippen MR) is 126 cm³/mol. The van der Waals surface area contributed by atoms with E-state index in [1.807, 2.05) is 25.1 Å². The van der Waals surface area contributed by atoms with Gasteiger partial charge in [0.2, 0.25) is 5.91 Å². The summed E-state index contributed by atoms with van der Waals surface area (Å²) in [6.45, 7) is 4.46. The zero-order chi connectivity index (χ0) is 27.2. The van der Waals surface area contributed by atoms with Crippen LogP contribution in [0.25, 0.3) is 11.1 Å². The summed E-state index contributed by atoms with van der Waals surface area (Å²) in [5.41, 5.74) is -2.47. The summed E-state index contributed by atoms with van der Waals surface area (Å²) in [5, 5.41) is 0.366. The average Bonchev–Trinajstić information content (AvgIpc) is 2.78. The summed E-state index contributed by atoms with van der Waals surface area (Å²) >= 11 is 6.32. The Morgan fingerprint density at radius 3 is 1.86 bits per heavy atom. The van der Waals surface area contributed by atoms with Crippen molar-refractivity contribution in [2.75, 3.05) is 11.9 Å². The lowest BCUT2D eigenvalue weighted by atomic mass is 9.81. The van der Waals surface area contributed by atoms with E-state index >= 15 is 0 Å². The van der Waals surface area contributed by atoms with Crippen molar-refractivity contribution in [3.63, 3.8) is 0 Å². The molecule has 3 rings (SSSR count). The Bertz CT molecular complexity index is 1280. The van der Waals surface area contributed by atoms with Gasteiger partial charge in [0.1, 0.15) is 12.7 Å². The van der Waals surface area contributed by atoms with Crippen LogP contribution in [0.4, 0.5) is 32.0 Å². The van der Waals surface area contributed by atoms with E-state index in [9.17, 15) is 31.1 Å². The van der Waals surface area contributed by atoms with Gasteiger partial charge in [0.25, 0.3) is 5.15 Å². The predicted octanol–water partition coefficient (Wildman–Crippen LogP) is 7.12. The van der Waals surface area contributed by atoms with E-state index < -0.39 is 40.4 Å². The number of pyridine rings is 1. The van der Waals surface area contributed by atoms with Crippen molar-refractivity contribution >= 4 is 23.2 Å². The van der Waals surface area contributed by atoms with Crippen LogP contribution < -0.4 is 9.47 Å². The molecule has 1 heterocycles. The molecule has 0 aliphatic rings. The number of carbonyl (C=O) groups is 1. The van der Waals surface area contributed by atoms with Gasteiger partial charge in [-0.15, -0.1) is 0 Å². The van der Waals surface area contributed by atoms with E-state index in [2.05, 4.69) is 0 Å².